The molecular weight excluding hydrogens is 142 g/mol. The highest BCUT2D eigenvalue weighted by Crippen LogP contribution is 2.21. The molecule has 0 aromatic heterocycles. The number of ketones is 1. The van der Waals surface area contributed by atoms with Gasteiger partial charge in [-0.15, -0.1) is 0 Å². The SMILES string of the molecule is CCC(=O)C1(OC)CCNC1. The first-order valence-corrected chi connectivity index (χ1v) is 4.04. The van der Waals surface area contributed by atoms with Gasteiger partial charge in [-0.05, 0) is 13.0 Å². The molecule has 0 bridgehead atoms. The van der Waals surface area contributed by atoms with Gasteiger partial charge in [0.05, 0.1) is 0 Å². The Hall–Kier alpha value is -0.410. The number of carbonyl (C=O) groups is 1. The summed E-state index contributed by atoms with van der Waals surface area (Å²) < 4.78 is 5.24. The van der Waals surface area contributed by atoms with Gasteiger partial charge in [0.1, 0.15) is 5.60 Å². The topological polar surface area (TPSA) is 38.3 Å². The molecule has 0 aliphatic carbocycles. The van der Waals surface area contributed by atoms with Crippen LogP contribution in [0.5, 0.6) is 0 Å². The van der Waals surface area contributed by atoms with Crippen LogP contribution in [0.2, 0.25) is 0 Å². The highest BCUT2D eigenvalue weighted by Gasteiger charge is 2.39. The second-order valence-corrected chi connectivity index (χ2v) is 2.90. The van der Waals surface area contributed by atoms with Gasteiger partial charge in [-0.2, -0.15) is 0 Å². The normalized spacial score (nSPS) is 30.7. The van der Waals surface area contributed by atoms with Crippen LogP contribution in [0.3, 0.4) is 0 Å². The summed E-state index contributed by atoms with van der Waals surface area (Å²) in [6, 6.07) is 0. The molecule has 3 heteroatoms. The summed E-state index contributed by atoms with van der Waals surface area (Å²) in [5.41, 5.74) is -0.505. The van der Waals surface area contributed by atoms with Crippen LogP contribution in [-0.2, 0) is 9.53 Å². The van der Waals surface area contributed by atoms with Crippen molar-refractivity contribution in [2.45, 2.75) is 25.4 Å². The molecule has 1 aliphatic rings. The molecule has 1 saturated heterocycles. The van der Waals surface area contributed by atoms with Crippen LogP contribution in [0.4, 0.5) is 0 Å². The van der Waals surface area contributed by atoms with E-state index < -0.39 is 5.60 Å². The number of methoxy groups -OCH3 is 1. The lowest BCUT2D eigenvalue weighted by molar-refractivity contribution is -0.138. The van der Waals surface area contributed by atoms with Crippen LogP contribution in [0.25, 0.3) is 0 Å². The maximum absolute atomic E-state index is 11.4. The predicted molar refractivity (Wildman–Crippen MR) is 42.5 cm³/mol. The Morgan fingerprint density at radius 2 is 2.45 bits per heavy atom. The average molecular weight is 157 g/mol. The van der Waals surface area contributed by atoms with Gasteiger partial charge in [0.15, 0.2) is 5.78 Å². The van der Waals surface area contributed by atoms with E-state index in [1.54, 1.807) is 7.11 Å². The fourth-order valence-electron chi connectivity index (χ4n) is 1.52. The monoisotopic (exact) mass is 157 g/mol. The molecule has 1 N–H and O–H groups in total. The molecule has 0 aromatic carbocycles. The Balaban J connectivity index is 2.66. The molecule has 1 rings (SSSR count). The Morgan fingerprint density at radius 1 is 1.73 bits per heavy atom. The molecule has 3 nitrogen and oxygen atoms in total. The molecular formula is C8H15NO2. The van der Waals surface area contributed by atoms with Crippen LogP contribution in [0, 0.1) is 0 Å². The van der Waals surface area contributed by atoms with E-state index in [0.29, 0.717) is 13.0 Å². The van der Waals surface area contributed by atoms with E-state index in [1.165, 1.54) is 0 Å². The lowest BCUT2D eigenvalue weighted by Crippen LogP contribution is -2.42. The first-order chi connectivity index (χ1) is 5.25. The van der Waals surface area contributed by atoms with Crippen molar-refractivity contribution in [3.8, 4) is 0 Å². The van der Waals surface area contributed by atoms with E-state index in [1.807, 2.05) is 6.92 Å². The highest BCUT2D eigenvalue weighted by atomic mass is 16.5. The summed E-state index contributed by atoms with van der Waals surface area (Å²) in [6.45, 7) is 3.44. The average Bonchev–Trinajstić information content (AvgIpc) is 2.52. The van der Waals surface area contributed by atoms with Crippen molar-refractivity contribution < 1.29 is 9.53 Å². The maximum atomic E-state index is 11.4. The summed E-state index contributed by atoms with van der Waals surface area (Å²) in [5, 5.41) is 3.13. The standard InChI is InChI=1S/C8H15NO2/c1-3-7(10)8(11-2)4-5-9-6-8/h9H,3-6H2,1-2H3. The van der Waals surface area contributed by atoms with Crippen molar-refractivity contribution >= 4 is 5.78 Å². The zero-order chi connectivity index (χ0) is 8.32. The Kier molecular flexibility index (Phi) is 2.62. The zero-order valence-corrected chi connectivity index (χ0v) is 7.14. The summed E-state index contributed by atoms with van der Waals surface area (Å²) in [4.78, 5) is 11.4. The van der Waals surface area contributed by atoms with Gasteiger partial charge in [0.2, 0.25) is 0 Å². The summed E-state index contributed by atoms with van der Waals surface area (Å²) >= 11 is 0. The number of Topliss-reactive ketones (excluding diaryl/α,β-unsaturated/α-hetero) is 1. The lowest BCUT2D eigenvalue weighted by Gasteiger charge is -2.23. The predicted octanol–water partition coefficient (Wildman–Crippen LogP) is 0.344. The van der Waals surface area contributed by atoms with Gasteiger partial charge in [-0.25, -0.2) is 0 Å². The number of hydrogen-bond acceptors (Lipinski definition) is 3. The minimum Gasteiger partial charge on any atom is -0.369 e. The molecule has 0 radical (unpaired) electrons. The first kappa shape index (κ1) is 8.68. The van der Waals surface area contributed by atoms with E-state index in [9.17, 15) is 4.79 Å². The van der Waals surface area contributed by atoms with Crippen LogP contribution in [-0.4, -0.2) is 31.6 Å². The number of hydrogen-bond donors (Lipinski definition) is 1. The van der Waals surface area contributed by atoms with Crippen molar-refractivity contribution in [1.82, 2.24) is 5.32 Å². The highest BCUT2D eigenvalue weighted by molar-refractivity contribution is 5.87. The molecule has 0 aromatic rings. The third-order valence-corrected chi connectivity index (χ3v) is 2.34. The molecule has 1 heterocycles. The molecule has 0 amide bonds. The van der Waals surface area contributed by atoms with Gasteiger partial charge >= 0.3 is 0 Å². The molecule has 64 valence electrons. The number of nitrogens with one attached hydrogen (secondary N) is 1. The molecule has 1 unspecified atom stereocenters. The van der Waals surface area contributed by atoms with E-state index in [2.05, 4.69) is 5.32 Å². The Bertz CT molecular complexity index is 150. The molecule has 0 saturated carbocycles. The van der Waals surface area contributed by atoms with Crippen molar-refractivity contribution in [3.05, 3.63) is 0 Å². The van der Waals surface area contributed by atoms with Crippen LogP contribution >= 0.6 is 0 Å². The zero-order valence-electron chi connectivity index (χ0n) is 7.14. The Morgan fingerprint density at radius 3 is 2.82 bits per heavy atom. The third kappa shape index (κ3) is 1.44. The lowest BCUT2D eigenvalue weighted by atomic mass is 9.95. The summed E-state index contributed by atoms with van der Waals surface area (Å²) in [7, 11) is 1.61. The summed E-state index contributed by atoms with van der Waals surface area (Å²) in [5.74, 6) is 0.213. The van der Waals surface area contributed by atoms with Gasteiger partial charge in [-0.1, -0.05) is 6.92 Å². The van der Waals surface area contributed by atoms with Crippen molar-refractivity contribution in [2.75, 3.05) is 20.2 Å². The second-order valence-electron chi connectivity index (χ2n) is 2.90. The number of rotatable bonds is 3. The van der Waals surface area contributed by atoms with E-state index in [4.69, 9.17) is 4.74 Å². The summed E-state index contributed by atoms with van der Waals surface area (Å²) in [6.07, 6.45) is 1.38. The van der Waals surface area contributed by atoms with Gasteiger partial charge in [0, 0.05) is 20.1 Å². The van der Waals surface area contributed by atoms with Crippen molar-refractivity contribution in [1.29, 1.82) is 0 Å². The van der Waals surface area contributed by atoms with Crippen LogP contribution < -0.4 is 5.32 Å². The Labute approximate surface area is 67.1 Å². The van der Waals surface area contributed by atoms with Gasteiger partial charge in [0.25, 0.3) is 0 Å². The smallest absolute Gasteiger partial charge is 0.165 e. The van der Waals surface area contributed by atoms with Gasteiger partial charge < -0.3 is 10.1 Å². The van der Waals surface area contributed by atoms with Crippen molar-refractivity contribution in [2.24, 2.45) is 0 Å². The van der Waals surface area contributed by atoms with Crippen LogP contribution in [0.15, 0.2) is 0 Å². The molecule has 0 spiro atoms. The van der Waals surface area contributed by atoms with E-state index >= 15 is 0 Å². The fourth-order valence-corrected chi connectivity index (χ4v) is 1.52. The molecule has 1 aliphatic heterocycles. The second kappa shape index (κ2) is 3.32. The van der Waals surface area contributed by atoms with E-state index in [0.717, 1.165) is 13.0 Å². The molecule has 11 heavy (non-hydrogen) atoms. The number of carbonyl (C=O) groups excluding carboxylic acids is 1. The maximum Gasteiger partial charge on any atom is 0.165 e. The van der Waals surface area contributed by atoms with E-state index in [-0.39, 0.29) is 5.78 Å². The van der Waals surface area contributed by atoms with Crippen LogP contribution in [0.1, 0.15) is 19.8 Å². The van der Waals surface area contributed by atoms with Gasteiger partial charge in [-0.3, -0.25) is 4.79 Å². The third-order valence-electron chi connectivity index (χ3n) is 2.34. The first-order valence-electron chi connectivity index (χ1n) is 4.04. The largest absolute Gasteiger partial charge is 0.369 e. The fraction of sp³-hybridized carbons (Fsp3) is 0.875. The number of ether oxygens (including phenoxy) is 1. The quantitative estimate of drug-likeness (QED) is 0.642. The molecule has 1 fully saturated rings. The molecule has 1 atom stereocenters. The minimum atomic E-state index is -0.505. The minimum absolute atomic E-state index is 0.213. The van der Waals surface area contributed by atoms with Crippen molar-refractivity contribution in [3.63, 3.8) is 0 Å².